The van der Waals surface area contributed by atoms with Gasteiger partial charge in [0.25, 0.3) is 10.2 Å². The molecule has 1 aliphatic carbocycles. The molecule has 0 aromatic heterocycles. The van der Waals surface area contributed by atoms with E-state index in [4.69, 9.17) is 0 Å². The van der Waals surface area contributed by atoms with Crippen LogP contribution in [-0.4, -0.2) is 55.3 Å². The van der Waals surface area contributed by atoms with E-state index in [2.05, 4.69) is 19.2 Å². The lowest BCUT2D eigenvalue weighted by atomic mass is 10.0. The Morgan fingerprint density at radius 1 is 1.19 bits per heavy atom. The fourth-order valence-electron chi connectivity index (χ4n) is 3.10. The molecular formula is C15H31N3O2S. The molecule has 1 saturated carbocycles. The maximum atomic E-state index is 12.9. The molecule has 2 rings (SSSR count). The lowest BCUT2D eigenvalue weighted by molar-refractivity contribution is 0.217. The predicted molar refractivity (Wildman–Crippen MR) is 86.4 cm³/mol. The molecule has 2 fully saturated rings. The van der Waals surface area contributed by atoms with Gasteiger partial charge in [0.15, 0.2) is 0 Å². The van der Waals surface area contributed by atoms with Crippen LogP contribution >= 0.6 is 0 Å². The molecule has 2 aliphatic rings. The highest BCUT2D eigenvalue weighted by Crippen LogP contribution is 2.36. The van der Waals surface area contributed by atoms with Crippen LogP contribution in [0.25, 0.3) is 0 Å². The zero-order valence-electron chi connectivity index (χ0n) is 13.9. The van der Waals surface area contributed by atoms with E-state index >= 15 is 0 Å². The van der Waals surface area contributed by atoms with E-state index in [0.29, 0.717) is 18.5 Å². The molecule has 0 amide bonds. The molecule has 0 aromatic rings. The van der Waals surface area contributed by atoms with Crippen molar-refractivity contribution in [3.63, 3.8) is 0 Å². The number of rotatable bonds is 7. The summed E-state index contributed by atoms with van der Waals surface area (Å²) < 4.78 is 29.2. The molecule has 0 aromatic carbocycles. The monoisotopic (exact) mass is 317 g/mol. The molecule has 0 radical (unpaired) electrons. The van der Waals surface area contributed by atoms with Gasteiger partial charge in [-0.05, 0) is 38.5 Å². The maximum absolute atomic E-state index is 12.9. The van der Waals surface area contributed by atoms with Crippen molar-refractivity contribution in [2.45, 2.75) is 71.0 Å². The minimum atomic E-state index is -3.34. The van der Waals surface area contributed by atoms with Gasteiger partial charge in [-0.15, -0.1) is 0 Å². The van der Waals surface area contributed by atoms with E-state index in [9.17, 15) is 8.42 Å². The van der Waals surface area contributed by atoms with E-state index in [0.717, 1.165) is 25.8 Å². The molecule has 2 atom stereocenters. The van der Waals surface area contributed by atoms with Crippen molar-refractivity contribution >= 4 is 10.2 Å². The lowest BCUT2D eigenvalue weighted by Crippen LogP contribution is -2.55. The van der Waals surface area contributed by atoms with Gasteiger partial charge in [0.05, 0.1) is 0 Å². The van der Waals surface area contributed by atoms with Crippen molar-refractivity contribution in [1.29, 1.82) is 0 Å². The first-order chi connectivity index (χ1) is 9.84. The summed E-state index contributed by atoms with van der Waals surface area (Å²) >= 11 is 0. The van der Waals surface area contributed by atoms with Crippen molar-refractivity contribution in [1.82, 2.24) is 13.9 Å². The van der Waals surface area contributed by atoms with Gasteiger partial charge in [-0.25, -0.2) is 0 Å². The summed E-state index contributed by atoms with van der Waals surface area (Å²) in [6.45, 7) is 7.66. The van der Waals surface area contributed by atoms with E-state index < -0.39 is 10.2 Å². The van der Waals surface area contributed by atoms with Crippen LogP contribution in [-0.2, 0) is 10.2 Å². The maximum Gasteiger partial charge on any atom is 0.282 e. The number of nitrogens with one attached hydrogen (secondary N) is 1. The van der Waals surface area contributed by atoms with Crippen molar-refractivity contribution in [3.05, 3.63) is 0 Å². The number of hydrogen-bond acceptors (Lipinski definition) is 3. The minimum absolute atomic E-state index is 0.0972. The summed E-state index contributed by atoms with van der Waals surface area (Å²) in [7, 11) is -1.59. The Hall–Kier alpha value is -0.170. The largest absolute Gasteiger partial charge is 0.313 e. The minimum Gasteiger partial charge on any atom is -0.313 e. The van der Waals surface area contributed by atoms with E-state index in [1.54, 1.807) is 15.7 Å². The summed E-state index contributed by atoms with van der Waals surface area (Å²) in [6.07, 6.45) is 5.39. The van der Waals surface area contributed by atoms with Gasteiger partial charge >= 0.3 is 0 Å². The topological polar surface area (TPSA) is 52.7 Å². The molecule has 2 unspecified atom stereocenters. The highest BCUT2D eigenvalue weighted by atomic mass is 32.2. The first kappa shape index (κ1) is 17.2. The van der Waals surface area contributed by atoms with Gasteiger partial charge in [0.1, 0.15) is 0 Å². The summed E-state index contributed by atoms with van der Waals surface area (Å²) in [5.74, 6) is 0.557. The summed E-state index contributed by atoms with van der Waals surface area (Å²) in [5, 5.41) is 3.40. The highest BCUT2D eigenvalue weighted by molar-refractivity contribution is 7.86. The summed E-state index contributed by atoms with van der Waals surface area (Å²) in [6, 6.07) is 0.607. The Kier molecular flexibility index (Phi) is 5.68. The van der Waals surface area contributed by atoms with Crippen LogP contribution in [0.2, 0.25) is 0 Å². The van der Waals surface area contributed by atoms with Crippen molar-refractivity contribution in [3.8, 4) is 0 Å². The second-order valence-electron chi connectivity index (χ2n) is 6.93. The lowest BCUT2D eigenvalue weighted by Gasteiger charge is -2.39. The van der Waals surface area contributed by atoms with Crippen molar-refractivity contribution < 1.29 is 8.42 Å². The molecule has 21 heavy (non-hydrogen) atoms. The molecule has 1 heterocycles. The van der Waals surface area contributed by atoms with Crippen LogP contribution in [0.1, 0.15) is 52.9 Å². The molecule has 5 nitrogen and oxygen atoms in total. The van der Waals surface area contributed by atoms with Crippen LogP contribution in [0.4, 0.5) is 0 Å². The molecule has 1 aliphatic heterocycles. The Labute approximate surface area is 130 Å². The SMILES string of the molecule is CC(C)NCC1CCCCN1S(=O)(=O)N(C)C(C)C1CC1. The number of hydrogen-bond donors (Lipinski definition) is 1. The molecule has 1 saturated heterocycles. The summed E-state index contributed by atoms with van der Waals surface area (Å²) in [4.78, 5) is 0. The second kappa shape index (κ2) is 6.94. The normalized spacial score (nSPS) is 26.5. The van der Waals surface area contributed by atoms with E-state index in [1.807, 2.05) is 6.92 Å². The quantitative estimate of drug-likeness (QED) is 0.779. The Morgan fingerprint density at radius 2 is 1.86 bits per heavy atom. The van der Waals surface area contributed by atoms with Gasteiger partial charge in [0, 0.05) is 38.3 Å². The van der Waals surface area contributed by atoms with Crippen LogP contribution in [0.3, 0.4) is 0 Å². The fourth-order valence-corrected chi connectivity index (χ4v) is 4.94. The zero-order chi connectivity index (χ0) is 15.6. The highest BCUT2D eigenvalue weighted by Gasteiger charge is 2.40. The van der Waals surface area contributed by atoms with Gasteiger partial charge in [-0.2, -0.15) is 17.0 Å². The third-order valence-electron chi connectivity index (χ3n) is 4.87. The number of nitrogens with zero attached hydrogens (tertiary/aromatic N) is 2. The first-order valence-electron chi connectivity index (χ1n) is 8.32. The third kappa shape index (κ3) is 4.18. The van der Waals surface area contributed by atoms with E-state index in [1.165, 1.54) is 12.8 Å². The average Bonchev–Trinajstić information content (AvgIpc) is 3.28. The van der Waals surface area contributed by atoms with Crippen LogP contribution < -0.4 is 5.32 Å². The number of piperidine rings is 1. The third-order valence-corrected chi connectivity index (χ3v) is 7.01. The molecule has 0 spiro atoms. The van der Waals surface area contributed by atoms with Gasteiger partial charge in [0.2, 0.25) is 0 Å². The molecular weight excluding hydrogens is 286 g/mol. The molecule has 1 N–H and O–H groups in total. The fraction of sp³-hybridized carbons (Fsp3) is 1.00. The average molecular weight is 317 g/mol. The Balaban J connectivity index is 2.07. The second-order valence-corrected chi connectivity index (χ2v) is 8.87. The molecule has 6 heteroatoms. The Morgan fingerprint density at radius 3 is 2.43 bits per heavy atom. The summed E-state index contributed by atoms with van der Waals surface area (Å²) in [5.41, 5.74) is 0. The van der Waals surface area contributed by atoms with Gasteiger partial charge in [-0.3, -0.25) is 0 Å². The van der Waals surface area contributed by atoms with Crippen LogP contribution in [0, 0.1) is 5.92 Å². The van der Waals surface area contributed by atoms with Crippen LogP contribution in [0.15, 0.2) is 0 Å². The van der Waals surface area contributed by atoms with Gasteiger partial charge < -0.3 is 5.32 Å². The molecule has 0 bridgehead atoms. The first-order valence-corrected chi connectivity index (χ1v) is 9.72. The van der Waals surface area contributed by atoms with Crippen molar-refractivity contribution in [2.24, 2.45) is 5.92 Å². The van der Waals surface area contributed by atoms with E-state index in [-0.39, 0.29) is 12.1 Å². The standard InChI is InChI=1S/C15H31N3O2S/c1-12(2)16-11-15-7-5-6-10-18(15)21(19,20)17(4)13(3)14-8-9-14/h12-16H,5-11H2,1-4H3. The Bertz CT molecular complexity index is 434. The van der Waals surface area contributed by atoms with Gasteiger partial charge in [-0.1, -0.05) is 20.3 Å². The zero-order valence-corrected chi connectivity index (χ0v) is 14.7. The van der Waals surface area contributed by atoms with Crippen molar-refractivity contribution in [2.75, 3.05) is 20.1 Å². The van der Waals surface area contributed by atoms with Crippen LogP contribution in [0.5, 0.6) is 0 Å². The molecule has 124 valence electrons. The smallest absolute Gasteiger partial charge is 0.282 e. The predicted octanol–water partition coefficient (Wildman–Crippen LogP) is 1.81.